The number of rotatable bonds is 6. The highest BCUT2D eigenvalue weighted by molar-refractivity contribution is 6.45. The van der Waals surface area contributed by atoms with Crippen LogP contribution in [0.15, 0.2) is 60.7 Å². The number of hydrogen-bond acceptors (Lipinski definition) is 1. The number of halogens is 2. The van der Waals surface area contributed by atoms with E-state index in [0.717, 1.165) is 36.8 Å². The monoisotopic (exact) mass is 358 g/mol. The van der Waals surface area contributed by atoms with Crippen LogP contribution in [0.3, 0.4) is 0 Å². The molecule has 0 aliphatic heterocycles. The number of benzene rings is 2. The molecule has 1 nitrogen and oxygen atoms in total. The second-order valence-electron chi connectivity index (χ2n) is 7.03. The first kappa shape index (κ1) is 16.2. The molecule has 2 aliphatic rings. The fourth-order valence-electron chi connectivity index (χ4n) is 3.69. The van der Waals surface area contributed by atoms with E-state index in [0.29, 0.717) is 0 Å². The molecule has 3 heteroatoms. The Morgan fingerprint density at radius 2 is 1.04 bits per heavy atom. The van der Waals surface area contributed by atoms with Gasteiger partial charge >= 0.3 is 0 Å². The van der Waals surface area contributed by atoms with Gasteiger partial charge in [0.1, 0.15) is 9.75 Å². The molecular weight excluding hydrogens is 339 g/mol. The Balaban J connectivity index is 1.82. The van der Waals surface area contributed by atoms with Crippen LogP contribution in [0.5, 0.6) is 0 Å². The summed E-state index contributed by atoms with van der Waals surface area (Å²) in [4.78, 5) is 11.7. The van der Waals surface area contributed by atoms with E-state index in [-0.39, 0.29) is 17.6 Å². The van der Waals surface area contributed by atoms with Crippen molar-refractivity contribution in [2.24, 2.45) is 11.8 Å². The summed E-state index contributed by atoms with van der Waals surface area (Å²) in [5, 5.41) is 0. The van der Waals surface area contributed by atoms with Gasteiger partial charge in [-0.2, -0.15) is 0 Å². The van der Waals surface area contributed by atoms with Crippen molar-refractivity contribution in [3.8, 4) is 0 Å². The van der Waals surface area contributed by atoms with Crippen LogP contribution >= 0.6 is 23.2 Å². The van der Waals surface area contributed by atoms with Gasteiger partial charge in [0, 0.05) is 0 Å². The number of hydrogen-bond donors (Lipinski definition) is 0. The Labute approximate surface area is 153 Å². The van der Waals surface area contributed by atoms with Crippen molar-refractivity contribution in [1.29, 1.82) is 0 Å². The van der Waals surface area contributed by atoms with Crippen LogP contribution in [0.25, 0.3) is 0 Å². The van der Waals surface area contributed by atoms with E-state index in [9.17, 15) is 4.79 Å². The quantitative estimate of drug-likeness (QED) is 0.610. The molecule has 4 rings (SSSR count). The Morgan fingerprint density at radius 3 is 1.33 bits per heavy atom. The molecule has 2 aromatic carbocycles. The smallest absolute Gasteiger partial charge is 0.184 e. The molecule has 2 aliphatic carbocycles. The van der Waals surface area contributed by atoms with E-state index >= 15 is 0 Å². The van der Waals surface area contributed by atoms with Gasteiger partial charge in [-0.3, -0.25) is 4.79 Å². The van der Waals surface area contributed by atoms with Crippen LogP contribution in [0, 0.1) is 11.8 Å². The minimum absolute atomic E-state index is 0.0410. The third-order valence-electron chi connectivity index (χ3n) is 5.33. The highest BCUT2D eigenvalue weighted by Crippen LogP contribution is 2.59. The lowest BCUT2D eigenvalue weighted by Gasteiger charge is -2.36. The topological polar surface area (TPSA) is 17.1 Å². The standard InChI is InChI=1S/C21H20Cl2O/c22-20(17-11-12-17,15-7-3-1-4-8-15)19(24)21(23,18-13-14-18)16-9-5-2-6-10-16/h1-10,17-18H,11-14H2. The van der Waals surface area contributed by atoms with Crippen LogP contribution in [0.4, 0.5) is 0 Å². The van der Waals surface area contributed by atoms with E-state index in [1.165, 1.54) is 0 Å². The predicted molar refractivity (Wildman–Crippen MR) is 98.4 cm³/mol. The van der Waals surface area contributed by atoms with Crippen molar-refractivity contribution in [3.63, 3.8) is 0 Å². The van der Waals surface area contributed by atoms with Crippen LogP contribution in [0.1, 0.15) is 36.8 Å². The summed E-state index contributed by atoms with van der Waals surface area (Å²) in [6.07, 6.45) is 3.93. The molecule has 0 saturated heterocycles. The van der Waals surface area contributed by atoms with Crippen molar-refractivity contribution in [2.45, 2.75) is 35.4 Å². The van der Waals surface area contributed by atoms with Crippen molar-refractivity contribution in [1.82, 2.24) is 0 Å². The molecule has 0 N–H and O–H groups in total. The predicted octanol–water partition coefficient (Wildman–Crippen LogP) is 5.64. The first-order chi connectivity index (χ1) is 11.6. The zero-order valence-corrected chi connectivity index (χ0v) is 14.9. The van der Waals surface area contributed by atoms with Gasteiger partial charge in [0.25, 0.3) is 0 Å². The maximum absolute atomic E-state index is 13.8. The average Bonchev–Trinajstić information content (AvgIpc) is 3.52. The molecule has 0 aromatic heterocycles. The van der Waals surface area contributed by atoms with Gasteiger partial charge in [0.05, 0.1) is 0 Å². The zero-order valence-electron chi connectivity index (χ0n) is 13.4. The molecule has 0 radical (unpaired) electrons. The van der Waals surface area contributed by atoms with Gasteiger partial charge in [-0.1, -0.05) is 60.7 Å². The molecule has 0 amide bonds. The molecule has 2 aromatic rings. The SMILES string of the molecule is O=C(C(Cl)(c1ccccc1)C1CC1)C(Cl)(c1ccccc1)C1CC1. The zero-order chi connectivity index (χ0) is 16.8. The number of carbonyl (C=O) groups is 1. The summed E-state index contributed by atoms with van der Waals surface area (Å²) < 4.78 is 0. The Kier molecular flexibility index (Phi) is 3.97. The molecule has 0 spiro atoms. The lowest BCUT2D eigenvalue weighted by Crippen LogP contribution is -2.46. The number of carbonyl (C=O) groups excluding carboxylic acids is 1. The van der Waals surface area contributed by atoms with Crippen LogP contribution < -0.4 is 0 Å². The number of alkyl halides is 2. The van der Waals surface area contributed by atoms with Crippen LogP contribution in [0.2, 0.25) is 0 Å². The number of ketones is 1. The lowest BCUT2D eigenvalue weighted by molar-refractivity contribution is -0.126. The molecule has 2 unspecified atom stereocenters. The molecule has 24 heavy (non-hydrogen) atoms. The third kappa shape index (κ3) is 2.50. The Bertz CT molecular complexity index is 673. The van der Waals surface area contributed by atoms with E-state index in [1.54, 1.807) is 0 Å². The molecule has 2 fully saturated rings. The van der Waals surface area contributed by atoms with Crippen molar-refractivity contribution in [3.05, 3.63) is 71.8 Å². The molecule has 2 atom stereocenters. The fraction of sp³-hybridized carbons (Fsp3) is 0.381. The maximum atomic E-state index is 13.8. The van der Waals surface area contributed by atoms with E-state index < -0.39 is 9.75 Å². The van der Waals surface area contributed by atoms with Crippen molar-refractivity contribution < 1.29 is 4.79 Å². The van der Waals surface area contributed by atoms with Gasteiger partial charge < -0.3 is 0 Å². The highest BCUT2D eigenvalue weighted by atomic mass is 35.5. The van der Waals surface area contributed by atoms with Gasteiger partial charge in [0.2, 0.25) is 0 Å². The summed E-state index contributed by atoms with van der Waals surface area (Å²) in [5.41, 5.74) is 1.75. The van der Waals surface area contributed by atoms with Crippen molar-refractivity contribution >= 4 is 29.0 Å². The Hall–Kier alpha value is -1.31. The second-order valence-corrected chi connectivity index (χ2v) is 8.23. The third-order valence-corrected chi connectivity index (χ3v) is 6.73. The summed E-state index contributed by atoms with van der Waals surface area (Å²) in [5.74, 6) is 0.310. The second kappa shape index (κ2) is 5.89. The molecule has 124 valence electrons. The van der Waals surface area contributed by atoms with Crippen LogP contribution in [-0.2, 0) is 14.5 Å². The highest BCUT2D eigenvalue weighted by Gasteiger charge is 2.61. The molecule has 2 saturated carbocycles. The lowest BCUT2D eigenvalue weighted by atomic mass is 9.77. The minimum Gasteiger partial charge on any atom is -0.295 e. The van der Waals surface area contributed by atoms with Gasteiger partial charge in [-0.15, -0.1) is 23.2 Å². The van der Waals surface area contributed by atoms with Gasteiger partial charge in [-0.25, -0.2) is 0 Å². The Morgan fingerprint density at radius 1 is 0.708 bits per heavy atom. The number of Topliss-reactive ketones (excluding diaryl/α,β-unsaturated/α-hetero) is 1. The minimum atomic E-state index is -1.03. The van der Waals surface area contributed by atoms with Gasteiger partial charge in [0.15, 0.2) is 5.78 Å². The average molecular weight is 359 g/mol. The van der Waals surface area contributed by atoms with Crippen molar-refractivity contribution in [2.75, 3.05) is 0 Å². The normalized spacial score (nSPS) is 22.4. The summed E-state index contributed by atoms with van der Waals surface area (Å²) in [7, 11) is 0. The largest absolute Gasteiger partial charge is 0.295 e. The molecule has 0 bridgehead atoms. The van der Waals surface area contributed by atoms with Crippen LogP contribution in [-0.4, -0.2) is 5.78 Å². The molecule has 0 heterocycles. The first-order valence-electron chi connectivity index (χ1n) is 8.61. The van der Waals surface area contributed by atoms with E-state index in [4.69, 9.17) is 23.2 Å². The summed E-state index contributed by atoms with van der Waals surface area (Å²) in [6.45, 7) is 0. The summed E-state index contributed by atoms with van der Waals surface area (Å²) in [6, 6.07) is 19.5. The summed E-state index contributed by atoms with van der Waals surface area (Å²) >= 11 is 14.2. The van der Waals surface area contributed by atoms with E-state index in [2.05, 4.69) is 0 Å². The maximum Gasteiger partial charge on any atom is 0.184 e. The first-order valence-corrected chi connectivity index (χ1v) is 9.37. The molecular formula is C21H20Cl2O. The van der Waals surface area contributed by atoms with E-state index in [1.807, 2.05) is 60.7 Å². The fourth-order valence-corrected chi connectivity index (χ4v) is 4.73. The van der Waals surface area contributed by atoms with Gasteiger partial charge in [-0.05, 0) is 48.6 Å².